The predicted octanol–water partition coefficient (Wildman–Crippen LogP) is 2.78. The van der Waals surface area contributed by atoms with Gasteiger partial charge in [0.25, 0.3) is 5.56 Å². The Morgan fingerprint density at radius 3 is 2.62 bits per heavy atom. The Balaban J connectivity index is 1.82. The van der Waals surface area contributed by atoms with Gasteiger partial charge in [-0.1, -0.05) is 35.9 Å². The number of amides is 1. The van der Waals surface area contributed by atoms with Gasteiger partial charge in [0.15, 0.2) is 0 Å². The predicted molar refractivity (Wildman–Crippen MR) is 110 cm³/mol. The summed E-state index contributed by atoms with van der Waals surface area (Å²) in [6, 6.07) is 11.5. The lowest BCUT2D eigenvalue weighted by Gasteiger charge is -2.19. The second kappa shape index (κ2) is 8.87. The molecule has 3 aromatic rings. The summed E-state index contributed by atoms with van der Waals surface area (Å²) in [4.78, 5) is 41.4. The number of para-hydroxylation sites is 1. The van der Waals surface area contributed by atoms with Crippen LogP contribution in [0.15, 0.2) is 53.6 Å². The van der Waals surface area contributed by atoms with Crippen molar-refractivity contribution in [1.29, 1.82) is 0 Å². The molecular weight excluding hydrogens is 394 g/mol. The maximum absolute atomic E-state index is 12.7. The number of rotatable bonds is 6. The van der Waals surface area contributed by atoms with E-state index in [9.17, 15) is 14.4 Å². The Morgan fingerprint density at radius 1 is 1.21 bits per heavy atom. The molecule has 29 heavy (non-hydrogen) atoms. The third kappa shape index (κ3) is 4.81. The van der Waals surface area contributed by atoms with Crippen molar-refractivity contribution < 1.29 is 14.3 Å². The van der Waals surface area contributed by atoms with Crippen molar-refractivity contribution in [1.82, 2.24) is 14.9 Å². The summed E-state index contributed by atoms with van der Waals surface area (Å²) in [6.07, 6.45) is 1.31. The molecule has 1 unspecified atom stereocenters. The number of halogens is 1. The van der Waals surface area contributed by atoms with Crippen LogP contribution in [0.5, 0.6) is 0 Å². The van der Waals surface area contributed by atoms with Gasteiger partial charge in [0, 0.05) is 5.02 Å². The molecule has 0 aliphatic heterocycles. The maximum atomic E-state index is 12.7. The average Bonchev–Trinajstić information content (AvgIpc) is 2.70. The van der Waals surface area contributed by atoms with Crippen molar-refractivity contribution in [3.8, 4) is 0 Å². The van der Waals surface area contributed by atoms with E-state index >= 15 is 0 Å². The lowest BCUT2D eigenvalue weighted by molar-refractivity contribution is -0.141. The first-order valence-electron chi connectivity index (χ1n) is 8.95. The van der Waals surface area contributed by atoms with Gasteiger partial charge in [-0.05, 0) is 36.2 Å². The van der Waals surface area contributed by atoms with Crippen molar-refractivity contribution in [3.05, 3.63) is 75.3 Å². The molecule has 7 nitrogen and oxygen atoms in total. The normalized spacial score (nSPS) is 11.8. The van der Waals surface area contributed by atoms with Crippen LogP contribution < -0.4 is 10.9 Å². The van der Waals surface area contributed by atoms with Gasteiger partial charge in [0.1, 0.15) is 6.54 Å². The number of nitrogens with one attached hydrogen (secondary N) is 1. The number of hydrogen-bond acceptors (Lipinski definition) is 5. The molecule has 2 aromatic carbocycles. The molecule has 150 valence electrons. The summed E-state index contributed by atoms with van der Waals surface area (Å²) in [5.41, 5.74) is 1.90. The van der Waals surface area contributed by atoms with E-state index in [1.54, 1.807) is 36.4 Å². The van der Waals surface area contributed by atoms with E-state index in [4.69, 9.17) is 16.3 Å². The van der Waals surface area contributed by atoms with Gasteiger partial charge in [-0.3, -0.25) is 19.0 Å². The van der Waals surface area contributed by atoms with E-state index in [1.165, 1.54) is 18.0 Å². The molecule has 1 amide bonds. The molecule has 1 aromatic heterocycles. The number of nitrogens with zero attached hydrogens (tertiary/aromatic N) is 2. The number of carbonyl (C=O) groups excluding carboxylic acids is 2. The van der Waals surface area contributed by atoms with Crippen LogP contribution in [0.3, 0.4) is 0 Å². The third-order valence-corrected chi connectivity index (χ3v) is 4.83. The van der Waals surface area contributed by atoms with Gasteiger partial charge in [0.05, 0.1) is 36.8 Å². The van der Waals surface area contributed by atoms with Crippen LogP contribution in [0.25, 0.3) is 10.9 Å². The van der Waals surface area contributed by atoms with Crippen LogP contribution in [0.1, 0.15) is 23.6 Å². The zero-order valence-electron chi connectivity index (χ0n) is 16.0. The lowest BCUT2D eigenvalue weighted by Crippen LogP contribution is -2.35. The molecule has 0 aliphatic carbocycles. The van der Waals surface area contributed by atoms with Crippen LogP contribution in [0, 0.1) is 6.92 Å². The molecule has 0 fully saturated rings. The number of carbonyl (C=O) groups is 2. The Hall–Kier alpha value is -3.19. The Bertz CT molecular complexity index is 1110. The minimum absolute atomic E-state index is 0.0477. The number of fused-ring (bicyclic) bond motifs is 1. The smallest absolute Gasteiger partial charge is 0.307 e. The minimum atomic E-state index is -0.612. The van der Waals surface area contributed by atoms with E-state index in [1.807, 2.05) is 13.0 Å². The molecule has 0 saturated carbocycles. The molecule has 3 rings (SSSR count). The highest BCUT2D eigenvalue weighted by atomic mass is 35.5. The van der Waals surface area contributed by atoms with Crippen LogP contribution in [-0.4, -0.2) is 28.5 Å². The number of aryl methyl sites for hydroxylation is 1. The van der Waals surface area contributed by atoms with Crippen molar-refractivity contribution in [2.75, 3.05) is 7.11 Å². The fraction of sp³-hybridized carbons (Fsp3) is 0.238. The van der Waals surface area contributed by atoms with E-state index in [2.05, 4.69) is 10.3 Å². The molecule has 8 heteroatoms. The second-order valence-electron chi connectivity index (χ2n) is 6.60. The first-order chi connectivity index (χ1) is 13.9. The van der Waals surface area contributed by atoms with Crippen LogP contribution in [0.4, 0.5) is 0 Å². The summed E-state index contributed by atoms with van der Waals surface area (Å²) in [6.45, 7) is 1.65. The first-order valence-corrected chi connectivity index (χ1v) is 9.33. The maximum Gasteiger partial charge on any atom is 0.307 e. The number of benzene rings is 2. The number of aromatic nitrogens is 2. The Morgan fingerprint density at radius 2 is 1.93 bits per heavy atom. The summed E-state index contributed by atoms with van der Waals surface area (Å²) in [7, 11) is 1.28. The van der Waals surface area contributed by atoms with Gasteiger partial charge >= 0.3 is 5.97 Å². The zero-order chi connectivity index (χ0) is 21.0. The standard InChI is InChI=1S/C21H20ClN3O4/c1-13-4-3-5-16-20(13)23-12-25(21(16)28)11-18(26)24-17(10-19(27)29-2)14-6-8-15(22)9-7-14/h3-9,12,17H,10-11H2,1-2H3,(H,24,26). The van der Waals surface area contributed by atoms with Gasteiger partial charge in [0.2, 0.25) is 5.91 Å². The molecule has 1 N–H and O–H groups in total. The van der Waals surface area contributed by atoms with E-state index in [0.717, 1.165) is 5.56 Å². The minimum Gasteiger partial charge on any atom is -0.469 e. The van der Waals surface area contributed by atoms with Gasteiger partial charge < -0.3 is 10.1 Å². The highest BCUT2D eigenvalue weighted by Crippen LogP contribution is 2.20. The molecule has 0 spiro atoms. The topological polar surface area (TPSA) is 90.3 Å². The van der Waals surface area contributed by atoms with E-state index in [-0.39, 0.29) is 18.5 Å². The largest absolute Gasteiger partial charge is 0.469 e. The Kier molecular flexibility index (Phi) is 6.29. The zero-order valence-corrected chi connectivity index (χ0v) is 16.8. The number of esters is 1. The van der Waals surface area contributed by atoms with Crippen molar-refractivity contribution >= 4 is 34.4 Å². The highest BCUT2D eigenvalue weighted by Gasteiger charge is 2.20. The summed E-state index contributed by atoms with van der Waals surface area (Å²) in [5.74, 6) is -0.893. The average molecular weight is 414 g/mol. The van der Waals surface area contributed by atoms with E-state index < -0.39 is 17.9 Å². The summed E-state index contributed by atoms with van der Waals surface area (Å²) >= 11 is 5.91. The molecule has 1 heterocycles. The molecule has 1 atom stereocenters. The number of hydrogen-bond donors (Lipinski definition) is 1. The monoisotopic (exact) mass is 413 g/mol. The summed E-state index contributed by atoms with van der Waals surface area (Å²) in [5, 5.41) is 3.77. The summed E-state index contributed by atoms with van der Waals surface area (Å²) < 4.78 is 5.97. The third-order valence-electron chi connectivity index (χ3n) is 4.58. The van der Waals surface area contributed by atoms with E-state index in [0.29, 0.717) is 21.5 Å². The van der Waals surface area contributed by atoms with Crippen molar-refractivity contribution in [3.63, 3.8) is 0 Å². The van der Waals surface area contributed by atoms with Crippen molar-refractivity contribution in [2.24, 2.45) is 0 Å². The van der Waals surface area contributed by atoms with Gasteiger partial charge in [-0.25, -0.2) is 4.98 Å². The molecule has 0 saturated heterocycles. The Labute approximate surface area is 172 Å². The first kappa shape index (κ1) is 20.5. The van der Waals surface area contributed by atoms with Crippen LogP contribution in [0.2, 0.25) is 5.02 Å². The fourth-order valence-corrected chi connectivity index (χ4v) is 3.17. The van der Waals surface area contributed by atoms with Crippen LogP contribution in [-0.2, 0) is 20.9 Å². The molecular formula is C21H20ClN3O4. The SMILES string of the molecule is COC(=O)CC(NC(=O)Cn1cnc2c(C)cccc2c1=O)c1ccc(Cl)cc1. The second-order valence-corrected chi connectivity index (χ2v) is 7.04. The lowest BCUT2D eigenvalue weighted by atomic mass is 10.0. The van der Waals surface area contributed by atoms with Gasteiger partial charge in [-0.2, -0.15) is 0 Å². The molecule has 0 radical (unpaired) electrons. The fourth-order valence-electron chi connectivity index (χ4n) is 3.04. The number of methoxy groups -OCH3 is 1. The van der Waals surface area contributed by atoms with Gasteiger partial charge in [-0.15, -0.1) is 0 Å². The molecule has 0 aliphatic rings. The quantitative estimate of drug-likeness (QED) is 0.627. The van der Waals surface area contributed by atoms with Crippen molar-refractivity contribution in [2.45, 2.75) is 25.9 Å². The highest BCUT2D eigenvalue weighted by molar-refractivity contribution is 6.30. The number of ether oxygens (including phenoxy) is 1. The van der Waals surface area contributed by atoms with Crippen LogP contribution >= 0.6 is 11.6 Å². The molecule has 0 bridgehead atoms.